The highest BCUT2D eigenvalue weighted by Gasteiger charge is 2.51. The van der Waals surface area contributed by atoms with Gasteiger partial charge < -0.3 is 14.6 Å². The number of nitrogens with one attached hydrogen (secondary N) is 1. The zero-order valence-electron chi connectivity index (χ0n) is 17.6. The molecule has 1 aliphatic rings. The number of rotatable bonds is 4. The molecule has 1 N–H and O–H groups in total. The lowest BCUT2D eigenvalue weighted by molar-refractivity contribution is -0.141. The summed E-state index contributed by atoms with van der Waals surface area (Å²) in [5.41, 5.74) is 0.856. The fourth-order valence-corrected chi connectivity index (χ4v) is 3.02. The molecule has 2 aromatic rings. The van der Waals surface area contributed by atoms with E-state index in [9.17, 15) is 18.0 Å². The van der Waals surface area contributed by atoms with Gasteiger partial charge in [-0.15, -0.1) is 0 Å². The molecule has 160 valence electrons. The molecule has 9 heteroatoms. The van der Waals surface area contributed by atoms with E-state index in [2.05, 4.69) is 10.3 Å². The highest BCUT2D eigenvalue weighted by atomic mass is 19.4. The van der Waals surface area contributed by atoms with Crippen LogP contribution in [0.2, 0.25) is 0 Å². The molecule has 3 rings (SSSR count). The molecule has 1 saturated heterocycles. The molecule has 0 radical (unpaired) electrons. The molecule has 0 atom stereocenters. The van der Waals surface area contributed by atoms with Crippen molar-refractivity contribution < 1.29 is 27.3 Å². The molecule has 2 heterocycles. The number of halogens is 3. The normalized spacial score (nSPS) is 17.8. The largest absolute Gasteiger partial charge is 0.494 e. The van der Waals surface area contributed by atoms with Crippen molar-refractivity contribution in [3.05, 3.63) is 58.9 Å². The SMILES string of the molecule is Cc1cc(B2OC(C)(C)C(C)(C)O2)ccc1CNC(=O)c1ccc(C(F)(F)F)nc1. The van der Waals surface area contributed by atoms with Gasteiger partial charge in [0.2, 0.25) is 0 Å². The Morgan fingerprint density at radius 1 is 1.10 bits per heavy atom. The molecule has 30 heavy (non-hydrogen) atoms. The lowest BCUT2D eigenvalue weighted by atomic mass is 9.78. The van der Waals surface area contributed by atoms with E-state index in [1.165, 1.54) is 0 Å². The Kier molecular flexibility index (Phi) is 5.73. The monoisotopic (exact) mass is 420 g/mol. The van der Waals surface area contributed by atoms with Crippen molar-refractivity contribution in [1.29, 1.82) is 0 Å². The van der Waals surface area contributed by atoms with Gasteiger partial charge in [-0.3, -0.25) is 9.78 Å². The van der Waals surface area contributed by atoms with Crippen LogP contribution in [0.5, 0.6) is 0 Å². The molecule has 1 fully saturated rings. The Labute approximate surface area is 174 Å². The fraction of sp³-hybridized carbons (Fsp3) is 0.429. The summed E-state index contributed by atoms with van der Waals surface area (Å²) in [6, 6.07) is 7.61. The predicted octanol–water partition coefficient (Wildman–Crippen LogP) is 3.64. The summed E-state index contributed by atoms with van der Waals surface area (Å²) in [4.78, 5) is 15.5. The zero-order chi connectivity index (χ0) is 22.3. The number of aromatic nitrogens is 1. The van der Waals surface area contributed by atoms with E-state index in [4.69, 9.17) is 9.31 Å². The fourth-order valence-electron chi connectivity index (χ4n) is 3.02. The topological polar surface area (TPSA) is 60.5 Å². The van der Waals surface area contributed by atoms with Gasteiger partial charge in [0, 0.05) is 12.7 Å². The van der Waals surface area contributed by atoms with Crippen LogP contribution < -0.4 is 10.8 Å². The second-order valence-electron chi connectivity index (χ2n) is 8.39. The van der Waals surface area contributed by atoms with Gasteiger partial charge in [-0.1, -0.05) is 18.2 Å². The van der Waals surface area contributed by atoms with Crippen LogP contribution in [-0.2, 0) is 22.0 Å². The Balaban J connectivity index is 1.65. The van der Waals surface area contributed by atoms with Crippen LogP contribution in [0, 0.1) is 6.92 Å². The van der Waals surface area contributed by atoms with Crippen molar-refractivity contribution in [2.75, 3.05) is 0 Å². The zero-order valence-corrected chi connectivity index (χ0v) is 17.6. The highest BCUT2D eigenvalue weighted by molar-refractivity contribution is 6.62. The maximum atomic E-state index is 12.6. The number of amides is 1. The Bertz CT molecular complexity index is 928. The van der Waals surface area contributed by atoms with Crippen molar-refractivity contribution in [3.63, 3.8) is 0 Å². The maximum absolute atomic E-state index is 12.6. The summed E-state index contributed by atoms with van der Waals surface area (Å²) < 4.78 is 49.9. The summed E-state index contributed by atoms with van der Waals surface area (Å²) in [5.74, 6) is -0.495. The standard InChI is InChI=1S/C21H24BF3N2O3/c1-13-10-16(22-29-19(2,3)20(4,5)30-22)8-6-14(13)11-27-18(28)15-7-9-17(26-12-15)21(23,24)25/h6-10,12H,11H2,1-5H3,(H,27,28). The van der Waals surface area contributed by atoms with Gasteiger partial charge in [0.1, 0.15) is 5.69 Å². The number of carbonyl (C=O) groups is 1. The second-order valence-corrected chi connectivity index (χ2v) is 8.39. The molecular formula is C21H24BF3N2O3. The van der Waals surface area contributed by atoms with Crippen LogP contribution in [0.15, 0.2) is 36.5 Å². The van der Waals surface area contributed by atoms with Crippen LogP contribution >= 0.6 is 0 Å². The molecule has 0 saturated carbocycles. The van der Waals surface area contributed by atoms with Gasteiger partial charge in [-0.2, -0.15) is 13.2 Å². The van der Waals surface area contributed by atoms with E-state index in [1.54, 1.807) is 0 Å². The third kappa shape index (κ3) is 4.52. The number of carbonyl (C=O) groups excluding carboxylic acids is 1. The van der Waals surface area contributed by atoms with Crippen LogP contribution in [-0.4, -0.2) is 29.2 Å². The number of alkyl halides is 3. The van der Waals surface area contributed by atoms with Gasteiger partial charge in [-0.25, -0.2) is 0 Å². The average molecular weight is 420 g/mol. The van der Waals surface area contributed by atoms with Gasteiger partial charge in [-0.05, 0) is 63.3 Å². The molecule has 1 amide bonds. The Morgan fingerprint density at radius 3 is 2.23 bits per heavy atom. The van der Waals surface area contributed by atoms with Crippen molar-refractivity contribution in [3.8, 4) is 0 Å². The second kappa shape index (κ2) is 7.70. The average Bonchev–Trinajstić information content (AvgIpc) is 2.87. The molecule has 5 nitrogen and oxygen atoms in total. The number of hydrogen-bond donors (Lipinski definition) is 1. The first-order valence-corrected chi connectivity index (χ1v) is 9.57. The van der Waals surface area contributed by atoms with E-state index >= 15 is 0 Å². The first-order valence-electron chi connectivity index (χ1n) is 9.57. The number of aryl methyl sites for hydroxylation is 1. The lowest BCUT2D eigenvalue weighted by Crippen LogP contribution is -2.41. The molecule has 0 unspecified atom stereocenters. The van der Waals surface area contributed by atoms with Gasteiger partial charge >= 0.3 is 13.3 Å². The van der Waals surface area contributed by atoms with Crippen LogP contribution in [0.25, 0.3) is 0 Å². The lowest BCUT2D eigenvalue weighted by Gasteiger charge is -2.32. The van der Waals surface area contributed by atoms with Crippen molar-refractivity contribution in [1.82, 2.24) is 10.3 Å². The third-order valence-electron chi connectivity index (χ3n) is 5.65. The predicted molar refractivity (Wildman–Crippen MR) is 107 cm³/mol. The summed E-state index contributed by atoms with van der Waals surface area (Å²) in [5, 5.41) is 2.71. The minimum Gasteiger partial charge on any atom is -0.399 e. The van der Waals surface area contributed by atoms with Crippen LogP contribution in [0.1, 0.15) is 54.9 Å². The van der Waals surface area contributed by atoms with Crippen molar-refractivity contribution in [2.24, 2.45) is 0 Å². The van der Waals surface area contributed by atoms with Crippen molar-refractivity contribution in [2.45, 2.75) is 58.5 Å². The van der Waals surface area contributed by atoms with Crippen LogP contribution in [0.3, 0.4) is 0 Å². The van der Waals surface area contributed by atoms with E-state index < -0.39 is 36.1 Å². The van der Waals surface area contributed by atoms with Crippen molar-refractivity contribution >= 4 is 18.5 Å². The Morgan fingerprint density at radius 2 is 1.73 bits per heavy atom. The first-order chi connectivity index (χ1) is 13.8. The highest BCUT2D eigenvalue weighted by Crippen LogP contribution is 2.36. The van der Waals surface area contributed by atoms with Gasteiger partial charge in [0.25, 0.3) is 5.91 Å². The van der Waals surface area contributed by atoms with Crippen LogP contribution in [0.4, 0.5) is 13.2 Å². The minimum atomic E-state index is -4.54. The molecule has 1 aliphatic heterocycles. The first kappa shape index (κ1) is 22.3. The van der Waals surface area contributed by atoms with E-state index in [0.717, 1.165) is 34.9 Å². The quantitative estimate of drug-likeness (QED) is 0.768. The van der Waals surface area contributed by atoms with E-state index in [1.807, 2.05) is 52.8 Å². The summed E-state index contributed by atoms with van der Waals surface area (Å²) in [6.07, 6.45) is -3.61. The third-order valence-corrected chi connectivity index (χ3v) is 5.65. The number of pyridine rings is 1. The molecule has 1 aromatic heterocycles. The summed E-state index contributed by atoms with van der Waals surface area (Å²) in [6.45, 7) is 10.1. The molecular weight excluding hydrogens is 396 g/mol. The summed E-state index contributed by atoms with van der Waals surface area (Å²) in [7, 11) is -0.476. The molecule has 1 aromatic carbocycles. The molecule has 0 spiro atoms. The summed E-state index contributed by atoms with van der Waals surface area (Å²) >= 11 is 0. The Hall–Kier alpha value is -2.39. The van der Waals surface area contributed by atoms with Gasteiger partial charge in [0.15, 0.2) is 0 Å². The number of hydrogen-bond acceptors (Lipinski definition) is 4. The molecule has 0 bridgehead atoms. The smallest absolute Gasteiger partial charge is 0.399 e. The maximum Gasteiger partial charge on any atom is 0.494 e. The van der Waals surface area contributed by atoms with E-state index in [0.29, 0.717) is 0 Å². The van der Waals surface area contributed by atoms with E-state index in [-0.39, 0.29) is 12.1 Å². The number of nitrogens with zero attached hydrogens (tertiary/aromatic N) is 1. The molecule has 0 aliphatic carbocycles. The van der Waals surface area contributed by atoms with Gasteiger partial charge in [0.05, 0.1) is 16.8 Å². The number of benzene rings is 1. The minimum absolute atomic E-state index is 0.0643.